The van der Waals surface area contributed by atoms with E-state index in [1.807, 2.05) is 12.1 Å². The van der Waals surface area contributed by atoms with Crippen LogP contribution in [0.25, 0.3) is 0 Å². The van der Waals surface area contributed by atoms with Crippen LogP contribution < -0.4 is 11.1 Å². The Kier molecular flexibility index (Phi) is 20.3. The van der Waals surface area contributed by atoms with Gasteiger partial charge in [0.15, 0.2) is 0 Å². The van der Waals surface area contributed by atoms with Crippen LogP contribution in [0.5, 0.6) is 0 Å². The largest absolute Gasteiger partial charge is 0.477 e. The third kappa shape index (κ3) is 16.0. The lowest BCUT2D eigenvalue weighted by Crippen LogP contribution is -2.36. The second kappa shape index (κ2) is 25.7. The van der Waals surface area contributed by atoms with Gasteiger partial charge in [0, 0.05) is 51.4 Å². The van der Waals surface area contributed by atoms with Gasteiger partial charge < -0.3 is 49.7 Å². The van der Waals surface area contributed by atoms with Crippen molar-refractivity contribution in [1.29, 1.82) is 0 Å². The molecule has 0 aliphatic carbocycles. The topological polar surface area (TPSA) is 217 Å². The standard InChI is InChI=1S/C39H54N6O11/c40-11-17-51-23-24-52-18-12-41-37(46)31-9-7-30(8-10-31)36(33-4-2-6-35(43-33)39(49)50)45-15-21-55-27-25-53-19-13-44(14-20-54-26-28-56-22-16-45)29-32-3-1-5-34(42-32)38(47)48/h1-10,36H,11-29,40H2,(H,41,46)(H,47,48)(H,49,50). The summed E-state index contributed by atoms with van der Waals surface area (Å²) in [4.78, 5) is 49.2. The number of benzene rings is 1. The van der Waals surface area contributed by atoms with E-state index >= 15 is 0 Å². The third-order valence-corrected chi connectivity index (χ3v) is 8.59. The van der Waals surface area contributed by atoms with Crippen molar-refractivity contribution < 1.29 is 53.0 Å². The zero-order valence-corrected chi connectivity index (χ0v) is 31.7. The van der Waals surface area contributed by atoms with Crippen molar-refractivity contribution >= 4 is 17.8 Å². The van der Waals surface area contributed by atoms with E-state index in [4.69, 9.17) is 34.2 Å². The minimum Gasteiger partial charge on any atom is -0.477 e. The normalized spacial score (nSPS) is 16.7. The van der Waals surface area contributed by atoms with Gasteiger partial charge in [-0.05, 0) is 42.0 Å². The van der Waals surface area contributed by atoms with Crippen molar-refractivity contribution in [1.82, 2.24) is 25.1 Å². The van der Waals surface area contributed by atoms with Crippen LogP contribution in [-0.2, 0) is 35.0 Å². The fraction of sp³-hybridized carbons (Fsp3) is 0.513. The minimum absolute atomic E-state index is 0.00182. The van der Waals surface area contributed by atoms with Crippen LogP contribution in [0.4, 0.5) is 0 Å². The maximum Gasteiger partial charge on any atom is 0.354 e. The Balaban J connectivity index is 1.39. The van der Waals surface area contributed by atoms with Crippen LogP contribution in [0.15, 0.2) is 60.7 Å². The van der Waals surface area contributed by atoms with Gasteiger partial charge >= 0.3 is 11.9 Å². The van der Waals surface area contributed by atoms with Crippen molar-refractivity contribution in [2.75, 3.05) is 119 Å². The van der Waals surface area contributed by atoms with Gasteiger partial charge in [-0.3, -0.25) is 14.6 Å². The molecule has 1 atom stereocenters. The van der Waals surface area contributed by atoms with Gasteiger partial charge in [-0.15, -0.1) is 0 Å². The first-order valence-electron chi connectivity index (χ1n) is 18.8. The molecule has 2 aromatic heterocycles. The molecule has 1 fully saturated rings. The highest BCUT2D eigenvalue weighted by atomic mass is 16.5. The molecule has 0 saturated carbocycles. The smallest absolute Gasteiger partial charge is 0.354 e. The molecule has 56 heavy (non-hydrogen) atoms. The van der Waals surface area contributed by atoms with E-state index in [1.54, 1.807) is 36.4 Å². The number of carbonyl (C=O) groups is 3. The summed E-state index contributed by atoms with van der Waals surface area (Å²) in [7, 11) is 0. The van der Waals surface area contributed by atoms with Crippen molar-refractivity contribution in [2.45, 2.75) is 12.6 Å². The molecule has 5 N–H and O–H groups in total. The number of aromatic nitrogens is 2. The van der Waals surface area contributed by atoms with Crippen LogP contribution in [0.2, 0.25) is 0 Å². The molecule has 1 amide bonds. The number of hydrogen-bond acceptors (Lipinski definition) is 14. The van der Waals surface area contributed by atoms with Gasteiger partial charge in [0.1, 0.15) is 11.4 Å². The van der Waals surface area contributed by atoms with Crippen LogP contribution in [0, 0.1) is 0 Å². The molecule has 0 radical (unpaired) electrons. The number of aromatic carboxylic acids is 2. The number of amides is 1. The summed E-state index contributed by atoms with van der Waals surface area (Å²) in [6.45, 7) is 7.94. The Morgan fingerprint density at radius 3 is 1.84 bits per heavy atom. The number of carbonyl (C=O) groups excluding carboxylic acids is 1. The minimum atomic E-state index is -1.14. The van der Waals surface area contributed by atoms with Gasteiger partial charge in [-0.25, -0.2) is 19.6 Å². The lowest BCUT2D eigenvalue weighted by atomic mass is 9.99. The highest BCUT2D eigenvalue weighted by Crippen LogP contribution is 2.28. The zero-order chi connectivity index (χ0) is 39.8. The average molecular weight is 783 g/mol. The van der Waals surface area contributed by atoms with E-state index in [-0.39, 0.29) is 17.3 Å². The molecule has 17 heteroatoms. The number of nitrogens with zero attached hydrogens (tertiary/aromatic N) is 4. The molecular formula is C39H54N6O11. The van der Waals surface area contributed by atoms with Crippen molar-refractivity contribution in [3.05, 3.63) is 94.6 Å². The quantitative estimate of drug-likeness (QED) is 0.152. The summed E-state index contributed by atoms with van der Waals surface area (Å²) in [6.07, 6.45) is 0. The molecule has 1 saturated heterocycles. The Morgan fingerprint density at radius 1 is 0.696 bits per heavy atom. The van der Waals surface area contributed by atoms with E-state index in [0.29, 0.717) is 142 Å². The first-order valence-corrected chi connectivity index (χ1v) is 18.8. The number of ether oxygens (including phenoxy) is 6. The molecule has 17 nitrogen and oxygen atoms in total. The lowest BCUT2D eigenvalue weighted by molar-refractivity contribution is 0.00331. The molecule has 1 unspecified atom stereocenters. The van der Waals surface area contributed by atoms with Gasteiger partial charge in [0.2, 0.25) is 0 Å². The third-order valence-electron chi connectivity index (χ3n) is 8.59. The van der Waals surface area contributed by atoms with Crippen molar-refractivity contribution in [3.8, 4) is 0 Å². The number of nitrogens with two attached hydrogens (primary N) is 1. The maximum atomic E-state index is 12.9. The van der Waals surface area contributed by atoms with E-state index in [2.05, 4.69) is 25.1 Å². The summed E-state index contributed by atoms with van der Waals surface area (Å²) in [5.74, 6) is -2.46. The second-order valence-electron chi connectivity index (χ2n) is 12.6. The number of hydrogen-bond donors (Lipinski definition) is 4. The molecule has 0 bridgehead atoms. The molecule has 4 rings (SSSR count). The molecular weight excluding hydrogens is 728 g/mol. The Hall–Kier alpha value is -4.43. The molecule has 3 heterocycles. The highest BCUT2D eigenvalue weighted by molar-refractivity contribution is 5.94. The summed E-state index contributed by atoms with van der Waals surface area (Å²) in [6, 6.07) is 16.5. The van der Waals surface area contributed by atoms with E-state index < -0.39 is 18.0 Å². The van der Waals surface area contributed by atoms with Gasteiger partial charge in [0.25, 0.3) is 5.91 Å². The van der Waals surface area contributed by atoms with Gasteiger partial charge in [-0.2, -0.15) is 0 Å². The molecule has 0 spiro atoms. The van der Waals surface area contributed by atoms with E-state index in [1.165, 1.54) is 12.1 Å². The zero-order valence-electron chi connectivity index (χ0n) is 31.7. The summed E-state index contributed by atoms with van der Waals surface area (Å²) < 4.78 is 34.5. The molecule has 3 aromatic rings. The van der Waals surface area contributed by atoms with Crippen LogP contribution in [-0.4, -0.2) is 166 Å². The van der Waals surface area contributed by atoms with Crippen molar-refractivity contribution in [2.24, 2.45) is 5.73 Å². The second-order valence-corrected chi connectivity index (χ2v) is 12.6. The maximum absolute atomic E-state index is 12.9. The molecule has 306 valence electrons. The predicted octanol–water partition coefficient (Wildman–Crippen LogP) is 1.57. The summed E-state index contributed by atoms with van der Waals surface area (Å²) in [5.41, 5.74) is 7.76. The number of nitrogens with one attached hydrogen (secondary N) is 1. The van der Waals surface area contributed by atoms with Crippen molar-refractivity contribution in [3.63, 3.8) is 0 Å². The molecule has 1 aliphatic heterocycles. The van der Waals surface area contributed by atoms with Crippen LogP contribution in [0.1, 0.15) is 54.3 Å². The Labute approximate surface area is 327 Å². The number of carboxylic acid groups (broad SMARTS) is 2. The lowest BCUT2D eigenvalue weighted by Gasteiger charge is -2.32. The first-order chi connectivity index (χ1) is 27.4. The predicted molar refractivity (Wildman–Crippen MR) is 204 cm³/mol. The van der Waals surface area contributed by atoms with Gasteiger partial charge in [-0.1, -0.05) is 24.3 Å². The summed E-state index contributed by atoms with van der Waals surface area (Å²) >= 11 is 0. The Morgan fingerprint density at radius 2 is 1.25 bits per heavy atom. The van der Waals surface area contributed by atoms with Crippen LogP contribution in [0.3, 0.4) is 0 Å². The highest BCUT2D eigenvalue weighted by Gasteiger charge is 2.25. The SMILES string of the molecule is NCCOCCOCCNC(=O)c1ccc(C(c2cccc(C(=O)O)n2)N2CCOCCOCCN(Cc3cccc(C(=O)O)n3)CCOCCOCC2)cc1. The Bertz CT molecular complexity index is 1600. The number of pyridine rings is 2. The molecule has 1 aliphatic rings. The van der Waals surface area contributed by atoms with E-state index in [9.17, 15) is 24.6 Å². The fourth-order valence-electron chi connectivity index (χ4n) is 5.80. The van der Waals surface area contributed by atoms with Crippen LogP contribution >= 0.6 is 0 Å². The fourth-order valence-corrected chi connectivity index (χ4v) is 5.80. The average Bonchev–Trinajstić information content (AvgIpc) is 3.20. The number of carboxylic acids is 2. The van der Waals surface area contributed by atoms with Gasteiger partial charge in [0.05, 0.1) is 96.7 Å². The number of rotatable bonds is 16. The van der Waals surface area contributed by atoms with E-state index in [0.717, 1.165) is 5.56 Å². The molecule has 1 aromatic carbocycles. The first kappa shape index (κ1) is 44.3. The monoisotopic (exact) mass is 782 g/mol. The summed E-state index contributed by atoms with van der Waals surface area (Å²) in [5, 5.41) is 21.9.